The van der Waals surface area contributed by atoms with Crippen molar-refractivity contribution >= 4 is 18.3 Å². The molecule has 5 heteroatoms. The molecule has 1 aromatic rings. The van der Waals surface area contributed by atoms with Crippen molar-refractivity contribution in [3.63, 3.8) is 0 Å². The summed E-state index contributed by atoms with van der Waals surface area (Å²) in [6.07, 6.45) is 1.68. The highest BCUT2D eigenvalue weighted by atomic mass is 35.5. The summed E-state index contributed by atoms with van der Waals surface area (Å²) in [5, 5.41) is 6.44. The van der Waals surface area contributed by atoms with Crippen molar-refractivity contribution < 1.29 is 9.53 Å². The van der Waals surface area contributed by atoms with E-state index in [1.54, 1.807) is 7.11 Å². The van der Waals surface area contributed by atoms with Gasteiger partial charge in [0.1, 0.15) is 0 Å². The smallest absolute Gasteiger partial charge is 0.228 e. The van der Waals surface area contributed by atoms with E-state index < -0.39 is 0 Å². The Kier molecular flexibility index (Phi) is 7.87. The van der Waals surface area contributed by atoms with Gasteiger partial charge in [-0.05, 0) is 37.4 Å². The zero-order valence-corrected chi connectivity index (χ0v) is 14.2. The molecule has 4 nitrogen and oxygen atoms in total. The maximum Gasteiger partial charge on any atom is 0.228 e. The number of ether oxygens (including phenoxy) is 1. The van der Waals surface area contributed by atoms with Crippen LogP contribution in [0.3, 0.4) is 0 Å². The third-order valence-electron chi connectivity index (χ3n) is 4.40. The summed E-state index contributed by atoms with van der Waals surface area (Å²) in [6, 6.07) is 10.3. The van der Waals surface area contributed by atoms with Gasteiger partial charge in [0.15, 0.2) is 0 Å². The van der Waals surface area contributed by atoms with Crippen LogP contribution in [-0.4, -0.2) is 39.3 Å². The lowest BCUT2D eigenvalue weighted by Crippen LogP contribution is -2.50. The molecule has 0 saturated carbocycles. The first-order valence-corrected chi connectivity index (χ1v) is 7.71. The molecule has 1 heterocycles. The molecule has 0 spiro atoms. The number of hydrogen-bond donors (Lipinski definition) is 2. The highest BCUT2D eigenvalue weighted by Crippen LogP contribution is 2.29. The first-order valence-electron chi connectivity index (χ1n) is 7.71. The number of halogens is 1. The SMILES string of the molecule is COCC1(C(=O)NCC(C)c2ccccc2)CCNCC1.Cl. The quantitative estimate of drug-likeness (QED) is 0.843. The molecule has 1 aromatic carbocycles. The van der Waals surface area contributed by atoms with E-state index in [4.69, 9.17) is 4.74 Å². The topological polar surface area (TPSA) is 50.4 Å². The van der Waals surface area contributed by atoms with Gasteiger partial charge < -0.3 is 15.4 Å². The Morgan fingerprint density at radius 3 is 2.55 bits per heavy atom. The van der Waals surface area contributed by atoms with Crippen LogP contribution in [0.1, 0.15) is 31.2 Å². The van der Waals surface area contributed by atoms with Gasteiger partial charge in [-0.15, -0.1) is 12.4 Å². The zero-order valence-electron chi connectivity index (χ0n) is 13.4. The van der Waals surface area contributed by atoms with Crippen LogP contribution < -0.4 is 10.6 Å². The molecule has 0 bridgehead atoms. The molecule has 1 saturated heterocycles. The number of hydrogen-bond acceptors (Lipinski definition) is 3. The minimum Gasteiger partial charge on any atom is -0.384 e. The van der Waals surface area contributed by atoms with Gasteiger partial charge in [0, 0.05) is 13.7 Å². The summed E-state index contributed by atoms with van der Waals surface area (Å²) in [4.78, 5) is 12.6. The standard InChI is InChI=1S/C17H26N2O2.ClH/c1-14(15-6-4-3-5-7-15)12-19-16(20)17(13-21-2)8-10-18-11-9-17;/h3-7,14,18H,8-13H2,1-2H3,(H,19,20);1H. The highest BCUT2D eigenvalue weighted by molar-refractivity contribution is 5.85. The summed E-state index contributed by atoms with van der Waals surface area (Å²) in [7, 11) is 1.67. The van der Waals surface area contributed by atoms with E-state index in [2.05, 4.69) is 29.7 Å². The van der Waals surface area contributed by atoms with E-state index >= 15 is 0 Å². The second-order valence-corrected chi connectivity index (χ2v) is 5.99. The van der Waals surface area contributed by atoms with Gasteiger partial charge in [0.2, 0.25) is 5.91 Å². The van der Waals surface area contributed by atoms with E-state index in [0.29, 0.717) is 19.1 Å². The predicted molar refractivity (Wildman–Crippen MR) is 91.5 cm³/mol. The maximum atomic E-state index is 12.6. The third kappa shape index (κ3) is 4.70. The lowest BCUT2D eigenvalue weighted by Gasteiger charge is -2.35. The fraction of sp³-hybridized carbons (Fsp3) is 0.588. The molecule has 1 aliphatic heterocycles. The Balaban J connectivity index is 0.00000242. The van der Waals surface area contributed by atoms with E-state index in [-0.39, 0.29) is 23.7 Å². The number of methoxy groups -OCH3 is 1. The normalized spacial score (nSPS) is 18.1. The van der Waals surface area contributed by atoms with E-state index in [1.807, 2.05) is 18.2 Å². The van der Waals surface area contributed by atoms with E-state index in [1.165, 1.54) is 5.56 Å². The molecule has 0 aromatic heterocycles. The summed E-state index contributed by atoms with van der Waals surface area (Å²) in [5.41, 5.74) is 0.889. The molecule has 1 unspecified atom stereocenters. The fourth-order valence-corrected chi connectivity index (χ4v) is 2.95. The molecule has 22 heavy (non-hydrogen) atoms. The number of piperidine rings is 1. The monoisotopic (exact) mass is 326 g/mol. The molecule has 2 N–H and O–H groups in total. The van der Waals surface area contributed by atoms with Crippen LogP contribution in [0.4, 0.5) is 0 Å². The molecule has 0 aliphatic carbocycles. The number of amides is 1. The molecule has 1 atom stereocenters. The van der Waals surface area contributed by atoms with Crippen molar-refractivity contribution in [2.45, 2.75) is 25.7 Å². The zero-order chi connectivity index (χ0) is 15.1. The summed E-state index contributed by atoms with van der Waals surface area (Å²) >= 11 is 0. The van der Waals surface area contributed by atoms with Crippen LogP contribution in [0, 0.1) is 5.41 Å². The average Bonchev–Trinajstić information content (AvgIpc) is 2.54. The van der Waals surface area contributed by atoms with Crippen molar-refractivity contribution in [1.29, 1.82) is 0 Å². The van der Waals surface area contributed by atoms with Gasteiger partial charge in [0.05, 0.1) is 12.0 Å². The second-order valence-electron chi connectivity index (χ2n) is 5.99. The summed E-state index contributed by atoms with van der Waals surface area (Å²) in [5.74, 6) is 0.449. The first-order chi connectivity index (χ1) is 10.2. The third-order valence-corrected chi connectivity index (χ3v) is 4.40. The van der Waals surface area contributed by atoms with Crippen molar-refractivity contribution in [2.24, 2.45) is 5.41 Å². The average molecular weight is 327 g/mol. The molecule has 1 aliphatic rings. The fourth-order valence-electron chi connectivity index (χ4n) is 2.95. The van der Waals surface area contributed by atoms with Crippen molar-refractivity contribution in [3.05, 3.63) is 35.9 Å². The van der Waals surface area contributed by atoms with Crippen molar-refractivity contribution in [3.8, 4) is 0 Å². The second kappa shape index (κ2) is 9.13. The number of carbonyl (C=O) groups is 1. The largest absolute Gasteiger partial charge is 0.384 e. The minimum atomic E-state index is -0.365. The highest BCUT2D eigenvalue weighted by Gasteiger charge is 2.39. The summed E-state index contributed by atoms with van der Waals surface area (Å²) < 4.78 is 5.31. The van der Waals surface area contributed by atoms with Gasteiger partial charge >= 0.3 is 0 Å². The van der Waals surface area contributed by atoms with Gasteiger partial charge in [-0.2, -0.15) is 0 Å². The van der Waals surface area contributed by atoms with Crippen molar-refractivity contribution in [2.75, 3.05) is 33.4 Å². The van der Waals surface area contributed by atoms with Crippen LogP contribution in [0.2, 0.25) is 0 Å². The van der Waals surface area contributed by atoms with Crippen LogP contribution in [0.5, 0.6) is 0 Å². The molecular weight excluding hydrogens is 300 g/mol. The summed E-state index contributed by atoms with van der Waals surface area (Å²) in [6.45, 7) is 5.07. The lowest BCUT2D eigenvalue weighted by molar-refractivity contribution is -0.136. The Morgan fingerprint density at radius 1 is 1.32 bits per heavy atom. The van der Waals surface area contributed by atoms with Gasteiger partial charge in [-0.1, -0.05) is 37.3 Å². The van der Waals surface area contributed by atoms with Gasteiger partial charge in [0.25, 0.3) is 0 Å². The van der Waals surface area contributed by atoms with Crippen LogP contribution >= 0.6 is 12.4 Å². The Morgan fingerprint density at radius 2 is 1.95 bits per heavy atom. The Labute approximate surface area is 139 Å². The number of carbonyl (C=O) groups excluding carboxylic acids is 1. The number of benzene rings is 1. The van der Waals surface area contributed by atoms with Crippen molar-refractivity contribution in [1.82, 2.24) is 10.6 Å². The lowest BCUT2D eigenvalue weighted by atomic mass is 9.78. The van der Waals surface area contributed by atoms with Gasteiger partial charge in [-0.3, -0.25) is 4.79 Å². The molecule has 1 amide bonds. The maximum absolute atomic E-state index is 12.6. The number of rotatable bonds is 6. The molecule has 2 rings (SSSR count). The molecule has 124 valence electrons. The van der Waals surface area contributed by atoms with Crippen LogP contribution in [-0.2, 0) is 9.53 Å². The Bertz CT molecular complexity index is 442. The first kappa shape index (κ1) is 18.9. The Hall–Kier alpha value is -1.10. The number of nitrogens with one attached hydrogen (secondary N) is 2. The van der Waals surface area contributed by atoms with Crippen LogP contribution in [0.25, 0.3) is 0 Å². The molecular formula is C17H27ClN2O2. The van der Waals surface area contributed by atoms with E-state index in [9.17, 15) is 4.79 Å². The van der Waals surface area contributed by atoms with E-state index in [0.717, 1.165) is 25.9 Å². The van der Waals surface area contributed by atoms with Gasteiger partial charge in [-0.25, -0.2) is 0 Å². The van der Waals surface area contributed by atoms with Crippen LogP contribution in [0.15, 0.2) is 30.3 Å². The minimum absolute atomic E-state index is 0. The molecule has 0 radical (unpaired) electrons. The predicted octanol–water partition coefficient (Wildman–Crippen LogP) is 2.34. The molecule has 1 fully saturated rings.